The number of carbonyl (C=O) groups excluding carboxylic acids is 1. The van der Waals surface area contributed by atoms with Crippen LogP contribution in [0.4, 0.5) is 0 Å². The molecule has 1 fully saturated rings. The fourth-order valence-corrected chi connectivity index (χ4v) is 3.42. The topological polar surface area (TPSA) is 107 Å². The second-order valence-electron chi connectivity index (χ2n) is 6.69. The maximum Gasteiger partial charge on any atom is 0.254 e. The molecule has 0 aliphatic carbocycles. The second kappa shape index (κ2) is 8.24. The lowest BCUT2D eigenvalue weighted by atomic mass is 10.0. The zero-order valence-corrected chi connectivity index (χ0v) is 16.0. The van der Waals surface area contributed by atoms with Crippen LogP contribution in [0.2, 0.25) is 0 Å². The van der Waals surface area contributed by atoms with Gasteiger partial charge in [-0.3, -0.25) is 4.79 Å². The maximum absolute atomic E-state index is 13.2. The highest BCUT2D eigenvalue weighted by Crippen LogP contribution is 2.31. The van der Waals surface area contributed by atoms with E-state index in [1.807, 2.05) is 54.6 Å². The first-order valence-corrected chi connectivity index (χ1v) is 9.27. The van der Waals surface area contributed by atoms with Crippen molar-refractivity contribution in [1.29, 1.82) is 0 Å². The molecule has 1 amide bonds. The van der Waals surface area contributed by atoms with Crippen LogP contribution in [-0.4, -0.2) is 40.3 Å². The Morgan fingerprint density at radius 1 is 1.21 bits per heavy atom. The Kier molecular flexibility index (Phi) is 5.35. The van der Waals surface area contributed by atoms with E-state index in [1.54, 1.807) is 4.90 Å². The lowest BCUT2D eigenvalue weighted by Gasteiger charge is -2.21. The molecule has 29 heavy (non-hydrogen) atoms. The third kappa shape index (κ3) is 3.88. The van der Waals surface area contributed by atoms with Crippen molar-refractivity contribution >= 4 is 11.6 Å². The Morgan fingerprint density at radius 2 is 1.93 bits per heavy atom. The summed E-state index contributed by atoms with van der Waals surface area (Å²) in [5.74, 6) is 0.612. The van der Waals surface area contributed by atoms with Crippen LogP contribution in [0.25, 0.3) is 11.1 Å². The van der Waals surface area contributed by atoms with Crippen molar-refractivity contribution < 1.29 is 14.2 Å². The van der Waals surface area contributed by atoms with Crippen LogP contribution in [0, 0.1) is 0 Å². The number of nitrogens with zero attached hydrogens (tertiary/aromatic N) is 4. The molecular weight excluding hydrogens is 370 g/mol. The first kappa shape index (κ1) is 18.8. The van der Waals surface area contributed by atoms with Crippen molar-refractivity contribution in [2.45, 2.75) is 19.0 Å². The molecule has 0 bridgehead atoms. The SMILES string of the molecule is CO/N=C1\CC(c2nc(CN)no2)N(C(=O)c2ccc(-c3ccccc3)cc2)C1. The molecule has 2 aromatic carbocycles. The molecule has 0 saturated carbocycles. The molecule has 8 nitrogen and oxygen atoms in total. The van der Waals surface area contributed by atoms with Gasteiger partial charge in [-0.2, -0.15) is 4.98 Å². The molecule has 4 rings (SSSR count). The van der Waals surface area contributed by atoms with Crippen molar-refractivity contribution in [2.75, 3.05) is 13.7 Å². The Morgan fingerprint density at radius 3 is 2.59 bits per heavy atom. The van der Waals surface area contributed by atoms with Gasteiger partial charge in [-0.25, -0.2) is 0 Å². The van der Waals surface area contributed by atoms with E-state index in [9.17, 15) is 4.79 Å². The molecule has 2 N–H and O–H groups in total. The molecule has 3 aromatic rings. The van der Waals surface area contributed by atoms with Gasteiger partial charge < -0.3 is 20.0 Å². The maximum atomic E-state index is 13.2. The number of oxime groups is 1. The van der Waals surface area contributed by atoms with Gasteiger partial charge in [-0.1, -0.05) is 52.8 Å². The zero-order chi connectivity index (χ0) is 20.2. The van der Waals surface area contributed by atoms with Gasteiger partial charge in [-0.15, -0.1) is 0 Å². The Balaban J connectivity index is 1.60. The minimum absolute atomic E-state index is 0.136. The summed E-state index contributed by atoms with van der Waals surface area (Å²) in [4.78, 5) is 24.1. The summed E-state index contributed by atoms with van der Waals surface area (Å²) in [7, 11) is 1.48. The molecule has 1 aromatic heterocycles. The van der Waals surface area contributed by atoms with Gasteiger partial charge in [0.05, 0.1) is 18.8 Å². The van der Waals surface area contributed by atoms with Crippen LogP contribution >= 0.6 is 0 Å². The third-order valence-corrected chi connectivity index (χ3v) is 4.83. The van der Waals surface area contributed by atoms with E-state index in [-0.39, 0.29) is 12.5 Å². The standard InChI is InChI=1S/C21H21N5O3/c1-28-24-17-11-18(20-23-19(12-22)25-29-20)26(13-17)21(27)16-9-7-15(8-10-16)14-5-3-2-4-6-14/h2-10,18H,11-13,22H2,1H3/b24-17+. The minimum atomic E-state index is -0.405. The van der Waals surface area contributed by atoms with E-state index in [1.165, 1.54) is 7.11 Å². The molecule has 8 heteroatoms. The van der Waals surface area contributed by atoms with E-state index in [0.717, 1.165) is 16.8 Å². The monoisotopic (exact) mass is 391 g/mol. The largest absolute Gasteiger partial charge is 0.399 e. The summed E-state index contributed by atoms with van der Waals surface area (Å²) in [6.45, 7) is 0.502. The van der Waals surface area contributed by atoms with E-state index in [0.29, 0.717) is 30.2 Å². The number of nitrogens with two attached hydrogens (primary N) is 1. The van der Waals surface area contributed by atoms with E-state index >= 15 is 0 Å². The predicted molar refractivity (Wildman–Crippen MR) is 107 cm³/mol. The van der Waals surface area contributed by atoms with E-state index < -0.39 is 6.04 Å². The number of hydrogen-bond acceptors (Lipinski definition) is 7. The highest BCUT2D eigenvalue weighted by Gasteiger charge is 2.38. The third-order valence-electron chi connectivity index (χ3n) is 4.83. The Bertz CT molecular complexity index is 1010. The minimum Gasteiger partial charge on any atom is -0.399 e. The molecule has 1 aliphatic rings. The number of hydrogen-bond donors (Lipinski definition) is 1. The van der Waals surface area contributed by atoms with Crippen LogP contribution in [0.15, 0.2) is 64.3 Å². The number of carbonyl (C=O) groups is 1. The van der Waals surface area contributed by atoms with Gasteiger partial charge in [0.25, 0.3) is 5.91 Å². The second-order valence-corrected chi connectivity index (χ2v) is 6.69. The van der Waals surface area contributed by atoms with Crippen molar-refractivity contribution in [3.05, 3.63) is 71.9 Å². The van der Waals surface area contributed by atoms with Gasteiger partial charge in [0, 0.05) is 12.0 Å². The predicted octanol–water partition coefficient (Wildman–Crippen LogP) is 2.78. The van der Waals surface area contributed by atoms with Gasteiger partial charge in [0.1, 0.15) is 13.2 Å². The van der Waals surface area contributed by atoms with Crippen LogP contribution in [0.5, 0.6) is 0 Å². The van der Waals surface area contributed by atoms with Crippen LogP contribution in [-0.2, 0) is 11.4 Å². The molecule has 0 radical (unpaired) electrons. The number of amides is 1. The number of benzene rings is 2. The Labute approximate surface area is 168 Å². The fraction of sp³-hybridized carbons (Fsp3) is 0.238. The van der Waals surface area contributed by atoms with Crippen molar-refractivity contribution in [1.82, 2.24) is 15.0 Å². The molecule has 1 unspecified atom stereocenters. The zero-order valence-electron chi connectivity index (χ0n) is 16.0. The van der Waals surface area contributed by atoms with Crippen LogP contribution in [0.1, 0.15) is 34.5 Å². The normalized spacial score (nSPS) is 17.7. The van der Waals surface area contributed by atoms with Crippen molar-refractivity contribution in [3.8, 4) is 11.1 Å². The molecule has 148 valence electrons. The lowest BCUT2D eigenvalue weighted by molar-refractivity contribution is 0.0713. The van der Waals surface area contributed by atoms with Gasteiger partial charge in [0.15, 0.2) is 5.82 Å². The highest BCUT2D eigenvalue weighted by molar-refractivity contribution is 6.00. The molecule has 2 heterocycles. The van der Waals surface area contributed by atoms with Crippen molar-refractivity contribution in [2.24, 2.45) is 10.9 Å². The van der Waals surface area contributed by atoms with E-state index in [4.69, 9.17) is 15.1 Å². The number of likely N-dealkylation sites (tertiary alicyclic amines) is 1. The summed E-state index contributed by atoms with van der Waals surface area (Å²) >= 11 is 0. The molecule has 1 saturated heterocycles. The quantitative estimate of drug-likeness (QED) is 0.670. The number of aromatic nitrogens is 2. The van der Waals surface area contributed by atoms with Crippen molar-refractivity contribution in [3.63, 3.8) is 0 Å². The highest BCUT2D eigenvalue weighted by atomic mass is 16.6. The molecule has 0 spiro atoms. The van der Waals surface area contributed by atoms with E-state index in [2.05, 4.69) is 15.3 Å². The summed E-state index contributed by atoms with van der Waals surface area (Å²) in [6, 6.07) is 17.1. The molecule has 1 aliphatic heterocycles. The average molecular weight is 391 g/mol. The van der Waals surface area contributed by atoms with Crippen LogP contribution < -0.4 is 5.73 Å². The Hall–Kier alpha value is -3.52. The first-order chi connectivity index (χ1) is 14.2. The van der Waals surface area contributed by atoms with Gasteiger partial charge in [-0.05, 0) is 23.3 Å². The smallest absolute Gasteiger partial charge is 0.254 e. The fourth-order valence-electron chi connectivity index (χ4n) is 3.42. The average Bonchev–Trinajstić information content (AvgIpc) is 3.41. The lowest BCUT2D eigenvalue weighted by Crippen LogP contribution is -2.31. The van der Waals surface area contributed by atoms with Gasteiger partial charge in [0.2, 0.25) is 5.89 Å². The first-order valence-electron chi connectivity index (χ1n) is 9.27. The molecular formula is C21H21N5O3. The summed E-state index contributed by atoms with van der Waals surface area (Å²) in [5.41, 5.74) is 9.03. The van der Waals surface area contributed by atoms with Gasteiger partial charge >= 0.3 is 0 Å². The van der Waals surface area contributed by atoms with Crippen LogP contribution in [0.3, 0.4) is 0 Å². The number of rotatable bonds is 5. The molecule has 1 atom stereocenters. The summed E-state index contributed by atoms with van der Waals surface area (Å²) < 4.78 is 5.33. The summed E-state index contributed by atoms with van der Waals surface area (Å²) in [6.07, 6.45) is 0.466. The summed E-state index contributed by atoms with van der Waals surface area (Å²) in [5, 5.41) is 7.86.